The highest BCUT2D eigenvalue weighted by Crippen LogP contribution is 2.34. The number of hydrogen-bond acceptors (Lipinski definition) is 7. The third-order valence-electron chi connectivity index (χ3n) is 3.78. The van der Waals surface area contributed by atoms with Crippen molar-refractivity contribution in [2.45, 2.75) is 25.2 Å². The lowest BCUT2D eigenvalue weighted by molar-refractivity contribution is -0.116. The van der Waals surface area contributed by atoms with Gasteiger partial charge in [0.1, 0.15) is 0 Å². The highest BCUT2D eigenvalue weighted by Gasteiger charge is 2.26. The van der Waals surface area contributed by atoms with Crippen molar-refractivity contribution in [1.29, 1.82) is 0 Å². The second kappa shape index (κ2) is 5.88. The van der Waals surface area contributed by atoms with Crippen LogP contribution in [0.25, 0.3) is 0 Å². The second-order valence-electron chi connectivity index (χ2n) is 5.42. The van der Waals surface area contributed by atoms with Crippen LogP contribution in [-0.2, 0) is 17.6 Å². The molecule has 1 atom stereocenters. The zero-order valence-corrected chi connectivity index (χ0v) is 12.9. The topological polar surface area (TPSA) is 93.8 Å². The summed E-state index contributed by atoms with van der Waals surface area (Å²) in [7, 11) is 0. The maximum Gasteiger partial charge on any atom is 0.227 e. The van der Waals surface area contributed by atoms with E-state index < -0.39 is 0 Å². The molecule has 23 heavy (non-hydrogen) atoms. The minimum atomic E-state index is 0.0157. The lowest BCUT2D eigenvalue weighted by atomic mass is 9.88. The SMILES string of the molecule is O=C1CC(Cc2nc(Cc3cnsn3)no2)c2ccccc2N1. The van der Waals surface area contributed by atoms with E-state index in [2.05, 4.69) is 24.2 Å². The maximum atomic E-state index is 11.9. The predicted molar refractivity (Wildman–Crippen MR) is 83.1 cm³/mol. The minimum absolute atomic E-state index is 0.0157. The quantitative estimate of drug-likeness (QED) is 0.789. The van der Waals surface area contributed by atoms with Crippen LogP contribution in [-0.4, -0.2) is 24.8 Å². The standard InChI is InChI=1S/C15H13N5O2S/c21-14-5-9(11-3-1-2-4-12(11)17-14)6-15-18-13(19-22-15)7-10-8-16-23-20-10/h1-4,8-9H,5-7H2,(H,17,21). The molecular weight excluding hydrogens is 314 g/mol. The van der Waals surface area contributed by atoms with Crippen LogP contribution < -0.4 is 5.32 Å². The van der Waals surface area contributed by atoms with E-state index in [1.807, 2.05) is 24.3 Å². The number of fused-ring (bicyclic) bond motifs is 1. The molecule has 1 N–H and O–H groups in total. The van der Waals surface area contributed by atoms with Crippen molar-refractivity contribution in [2.75, 3.05) is 5.32 Å². The highest BCUT2D eigenvalue weighted by molar-refractivity contribution is 6.99. The van der Waals surface area contributed by atoms with Gasteiger partial charge in [0.05, 0.1) is 30.0 Å². The molecule has 0 fully saturated rings. The molecule has 7 nitrogen and oxygen atoms in total. The van der Waals surface area contributed by atoms with Crippen LogP contribution in [0.1, 0.15) is 35.3 Å². The molecule has 1 unspecified atom stereocenters. The highest BCUT2D eigenvalue weighted by atomic mass is 32.1. The van der Waals surface area contributed by atoms with Crippen LogP contribution in [0.4, 0.5) is 5.69 Å². The largest absolute Gasteiger partial charge is 0.339 e. The third kappa shape index (κ3) is 2.98. The molecule has 1 aliphatic rings. The molecule has 0 spiro atoms. The molecule has 3 aromatic rings. The van der Waals surface area contributed by atoms with Crippen LogP contribution in [0.2, 0.25) is 0 Å². The summed E-state index contributed by atoms with van der Waals surface area (Å²) in [5.74, 6) is 1.19. The molecule has 0 saturated carbocycles. The van der Waals surface area contributed by atoms with Crippen molar-refractivity contribution < 1.29 is 9.32 Å². The summed E-state index contributed by atoms with van der Waals surface area (Å²) < 4.78 is 13.4. The number of nitrogens with one attached hydrogen (secondary N) is 1. The van der Waals surface area contributed by atoms with Gasteiger partial charge in [-0.1, -0.05) is 23.4 Å². The molecule has 3 heterocycles. The molecule has 1 aromatic carbocycles. The fourth-order valence-corrected chi connectivity index (χ4v) is 3.20. The zero-order chi connectivity index (χ0) is 15.6. The molecule has 2 aromatic heterocycles. The Hall–Kier alpha value is -2.61. The van der Waals surface area contributed by atoms with Gasteiger partial charge in [-0.25, -0.2) is 0 Å². The Morgan fingerprint density at radius 3 is 3.13 bits per heavy atom. The van der Waals surface area contributed by atoms with E-state index in [-0.39, 0.29) is 11.8 Å². The number of aromatic nitrogens is 4. The molecule has 0 bridgehead atoms. The molecule has 0 radical (unpaired) electrons. The van der Waals surface area contributed by atoms with Crippen molar-refractivity contribution in [1.82, 2.24) is 18.9 Å². The van der Waals surface area contributed by atoms with Crippen molar-refractivity contribution in [3.05, 3.63) is 53.4 Å². The van der Waals surface area contributed by atoms with Gasteiger partial charge in [0.25, 0.3) is 0 Å². The Labute approximate surface area is 136 Å². The fraction of sp³-hybridized carbons (Fsp3) is 0.267. The Morgan fingerprint density at radius 1 is 1.35 bits per heavy atom. The molecule has 8 heteroatoms. The number of carbonyl (C=O) groups is 1. The summed E-state index contributed by atoms with van der Waals surface area (Å²) in [5.41, 5.74) is 2.79. The Kier molecular flexibility index (Phi) is 3.58. The summed E-state index contributed by atoms with van der Waals surface area (Å²) >= 11 is 1.16. The minimum Gasteiger partial charge on any atom is -0.339 e. The number of carbonyl (C=O) groups excluding carboxylic acids is 1. The molecule has 1 amide bonds. The van der Waals surface area contributed by atoms with Gasteiger partial charge in [-0.3, -0.25) is 4.79 Å². The Balaban J connectivity index is 1.52. The van der Waals surface area contributed by atoms with E-state index in [9.17, 15) is 4.79 Å². The zero-order valence-electron chi connectivity index (χ0n) is 12.1. The third-order valence-corrected chi connectivity index (χ3v) is 4.30. The lowest BCUT2D eigenvalue weighted by Gasteiger charge is -2.24. The van der Waals surface area contributed by atoms with Gasteiger partial charge in [-0.05, 0) is 11.6 Å². The molecule has 0 saturated heterocycles. The van der Waals surface area contributed by atoms with E-state index in [1.54, 1.807) is 6.20 Å². The van der Waals surface area contributed by atoms with Crippen molar-refractivity contribution in [2.24, 2.45) is 0 Å². The van der Waals surface area contributed by atoms with Crippen LogP contribution in [0, 0.1) is 0 Å². The van der Waals surface area contributed by atoms with E-state index in [4.69, 9.17) is 4.52 Å². The molecular formula is C15H13N5O2S. The number of nitrogens with zero attached hydrogens (tertiary/aromatic N) is 4. The number of hydrogen-bond donors (Lipinski definition) is 1. The van der Waals surface area contributed by atoms with E-state index in [0.717, 1.165) is 28.7 Å². The first-order valence-electron chi connectivity index (χ1n) is 7.24. The Bertz CT molecular complexity index is 830. The first-order valence-corrected chi connectivity index (χ1v) is 7.97. The average molecular weight is 327 g/mol. The van der Waals surface area contributed by atoms with Crippen LogP contribution in [0.15, 0.2) is 35.0 Å². The summed E-state index contributed by atoms with van der Waals surface area (Å²) in [5, 5.41) is 6.87. The van der Waals surface area contributed by atoms with Crippen molar-refractivity contribution in [3.8, 4) is 0 Å². The van der Waals surface area contributed by atoms with Gasteiger partial charge >= 0.3 is 0 Å². The van der Waals surface area contributed by atoms with Gasteiger partial charge in [-0.2, -0.15) is 13.7 Å². The van der Waals surface area contributed by atoms with E-state index >= 15 is 0 Å². The average Bonchev–Trinajstić information content (AvgIpc) is 3.20. The van der Waals surface area contributed by atoms with Gasteiger partial charge in [0, 0.05) is 24.4 Å². The van der Waals surface area contributed by atoms with Crippen LogP contribution in [0.3, 0.4) is 0 Å². The van der Waals surface area contributed by atoms with E-state index in [1.165, 1.54) is 0 Å². The second-order valence-corrected chi connectivity index (χ2v) is 5.98. The number of benzene rings is 1. The van der Waals surface area contributed by atoms with Crippen molar-refractivity contribution >= 4 is 23.3 Å². The number of anilines is 1. The summed E-state index contributed by atoms with van der Waals surface area (Å²) in [6.45, 7) is 0. The van der Waals surface area contributed by atoms with Gasteiger partial charge < -0.3 is 9.84 Å². The van der Waals surface area contributed by atoms with Crippen LogP contribution in [0.5, 0.6) is 0 Å². The van der Waals surface area contributed by atoms with Gasteiger partial charge in [-0.15, -0.1) is 0 Å². The van der Waals surface area contributed by atoms with Gasteiger partial charge in [0.15, 0.2) is 5.82 Å². The fourth-order valence-electron chi connectivity index (χ4n) is 2.76. The summed E-state index contributed by atoms with van der Waals surface area (Å²) in [6, 6.07) is 7.82. The first-order chi connectivity index (χ1) is 11.3. The van der Waals surface area contributed by atoms with E-state index in [0.29, 0.717) is 31.0 Å². The number of rotatable bonds is 4. The lowest BCUT2D eigenvalue weighted by Crippen LogP contribution is -2.24. The van der Waals surface area contributed by atoms with Gasteiger partial charge in [0.2, 0.25) is 11.8 Å². The summed E-state index contributed by atoms with van der Waals surface area (Å²) in [4.78, 5) is 16.3. The molecule has 116 valence electrons. The smallest absolute Gasteiger partial charge is 0.227 e. The molecule has 1 aliphatic heterocycles. The molecule has 0 aliphatic carbocycles. The Morgan fingerprint density at radius 2 is 2.26 bits per heavy atom. The normalized spacial score (nSPS) is 16.9. The monoisotopic (exact) mass is 327 g/mol. The number of amides is 1. The molecule has 4 rings (SSSR count). The summed E-state index contributed by atoms with van der Waals surface area (Å²) in [6.07, 6.45) is 3.17. The number of para-hydroxylation sites is 1. The predicted octanol–water partition coefficient (Wildman–Crippen LogP) is 2.18. The first kappa shape index (κ1) is 14.0. The maximum absolute atomic E-state index is 11.9. The van der Waals surface area contributed by atoms with Crippen LogP contribution >= 0.6 is 11.7 Å². The van der Waals surface area contributed by atoms with Crippen molar-refractivity contribution in [3.63, 3.8) is 0 Å².